The fourth-order valence-corrected chi connectivity index (χ4v) is 3.21. The molecule has 0 radical (unpaired) electrons. The van der Waals surface area contributed by atoms with E-state index in [2.05, 4.69) is 27.6 Å². The van der Waals surface area contributed by atoms with Crippen LogP contribution < -0.4 is 5.32 Å². The smallest absolute Gasteiger partial charge is 0.240 e. The summed E-state index contributed by atoms with van der Waals surface area (Å²) < 4.78 is 5.28. The van der Waals surface area contributed by atoms with Crippen LogP contribution in [0.4, 0.5) is 0 Å². The van der Waals surface area contributed by atoms with Crippen LogP contribution in [0.25, 0.3) is 0 Å². The van der Waals surface area contributed by atoms with Crippen molar-refractivity contribution >= 4 is 11.8 Å². The van der Waals surface area contributed by atoms with Crippen molar-refractivity contribution in [3.63, 3.8) is 0 Å². The van der Waals surface area contributed by atoms with Gasteiger partial charge in [0.25, 0.3) is 0 Å². The van der Waals surface area contributed by atoms with Crippen LogP contribution in [-0.4, -0.2) is 16.2 Å². The van der Waals surface area contributed by atoms with Crippen LogP contribution in [0.15, 0.2) is 39.8 Å². The van der Waals surface area contributed by atoms with Crippen molar-refractivity contribution < 1.29 is 4.52 Å². The van der Waals surface area contributed by atoms with Gasteiger partial charge in [-0.2, -0.15) is 4.98 Å². The topological polar surface area (TPSA) is 51.0 Å². The summed E-state index contributed by atoms with van der Waals surface area (Å²) in [5.74, 6) is 2.21. The number of nitrogens with zero attached hydrogens (tertiary/aromatic N) is 2. The van der Waals surface area contributed by atoms with Gasteiger partial charge in [-0.15, -0.1) is 11.8 Å². The van der Waals surface area contributed by atoms with Gasteiger partial charge in [0.1, 0.15) is 0 Å². The summed E-state index contributed by atoms with van der Waals surface area (Å²) in [5, 5.41) is 7.51. The highest BCUT2D eigenvalue weighted by Gasteiger charge is 2.15. The molecule has 1 fully saturated rings. The Morgan fingerprint density at radius 2 is 2.00 bits per heavy atom. The van der Waals surface area contributed by atoms with Crippen LogP contribution in [0, 0.1) is 0 Å². The quantitative estimate of drug-likeness (QED) is 0.826. The van der Waals surface area contributed by atoms with E-state index in [9.17, 15) is 0 Å². The molecule has 1 aromatic heterocycles. The zero-order chi connectivity index (χ0) is 13.6. The van der Waals surface area contributed by atoms with Gasteiger partial charge in [-0.1, -0.05) is 36.2 Å². The maximum absolute atomic E-state index is 5.28. The molecular weight excluding hydrogens is 270 g/mol. The summed E-state index contributed by atoms with van der Waals surface area (Å²) in [6.45, 7) is 0.688. The lowest BCUT2D eigenvalue weighted by Crippen LogP contribution is -2.25. The van der Waals surface area contributed by atoms with E-state index in [4.69, 9.17) is 4.52 Å². The molecule has 5 heteroatoms. The van der Waals surface area contributed by atoms with Gasteiger partial charge < -0.3 is 9.84 Å². The minimum absolute atomic E-state index is 0.629. The number of aromatic nitrogens is 2. The second kappa shape index (κ2) is 6.90. The van der Waals surface area contributed by atoms with Crippen LogP contribution in [0.1, 0.15) is 37.4 Å². The van der Waals surface area contributed by atoms with Crippen molar-refractivity contribution in [1.82, 2.24) is 15.5 Å². The molecule has 0 amide bonds. The van der Waals surface area contributed by atoms with Gasteiger partial charge in [0.2, 0.25) is 5.89 Å². The summed E-state index contributed by atoms with van der Waals surface area (Å²) in [6.07, 6.45) is 5.20. The van der Waals surface area contributed by atoms with E-state index < -0.39 is 0 Å². The van der Waals surface area contributed by atoms with Gasteiger partial charge in [0.15, 0.2) is 5.82 Å². The summed E-state index contributed by atoms with van der Waals surface area (Å²) in [4.78, 5) is 5.65. The van der Waals surface area contributed by atoms with E-state index in [0.29, 0.717) is 18.5 Å². The van der Waals surface area contributed by atoms with Crippen LogP contribution in [0.2, 0.25) is 0 Å². The summed E-state index contributed by atoms with van der Waals surface area (Å²) in [6, 6.07) is 10.9. The Morgan fingerprint density at radius 3 is 2.80 bits per heavy atom. The Kier molecular flexibility index (Phi) is 4.71. The van der Waals surface area contributed by atoms with E-state index >= 15 is 0 Å². The molecule has 0 aliphatic heterocycles. The molecule has 1 aliphatic carbocycles. The Labute approximate surface area is 123 Å². The Bertz CT molecular complexity index is 523. The first-order valence-electron chi connectivity index (χ1n) is 7.13. The highest BCUT2D eigenvalue weighted by Crippen LogP contribution is 2.21. The molecule has 1 aromatic carbocycles. The fraction of sp³-hybridized carbons (Fsp3) is 0.467. The summed E-state index contributed by atoms with van der Waals surface area (Å²) in [5.41, 5.74) is 0. The normalized spacial score (nSPS) is 15.8. The molecule has 0 saturated heterocycles. The molecule has 0 spiro atoms. The predicted octanol–water partition coefficient (Wildman–Crippen LogP) is 3.39. The average Bonchev–Trinajstić information content (AvgIpc) is 3.16. The van der Waals surface area contributed by atoms with Crippen molar-refractivity contribution in [2.45, 2.75) is 48.9 Å². The zero-order valence-corrected chi connectivity index (χ0v) is 12.2. The maximum atomic E-state index is 5.28. The van der Waals surface area contributed by atoms with Crippen LogP contribution in [-0.2, 0) is 12.3 Å². The molecule has 0 unspecified atom stereocenters. The summed E-state index contributed by atoms with van der Waals surface area (Å²) >= 11 is 1.72. The third kappa shape index (κ3) is 3.84. The molecular formula is C15H19N3OS. The molecule has 0 bridgehead atoms. The standard InChI is InChI=1S/C15H19N3OS/c1-2-8-13(9-3-1)20-11-14-17-15(19-18-14)10-16-12-6-4-5-7-12/h1-3,8-9,12,16H,4-7,10-11H2. The number of hydrogen-bond acceptors (Lipinski definition) is 5. The average molecular weight is 289 g/mol. The molecule has 2 aromatic rings. The molecule has 1 saturated carbocycles. The highest BCUT2D eigenvalue weighted by atomic mass is 32.2. The van der Waals surface area contributed by atoms with Crippen LogP contribution in [0.5, 0.6) is 0 Å². The first-order valence-corrected chi connectivity index (χ1v) is 8.11. The number of hydrogen-bond donors (Lipinski definition) is 1. The van der Waals surface area contributed by atoms with Crippen molar-refractivity contribution in [2.24, 2.45) is 0 Å². The molecule has 0 atom stereocenters. The molecule has 106 valence electrons. The van der Waals surface area contributed by atoms with Gasteiger partial charge in [-0.25, -0.2) is 0 Å². The summed E-state index contributed by atoms with van der Waals surface area (Å²) in [7, 11) is 0. The van der Waals surface area contributed by atoms with Gasteiger partial charge in [0.05, 0.1) is 12.3 Å². The number of benzene rings is 1. The van der Waals surface area contributed by atoms with Gasteiger partial charge in [-0.05, 0) is 25.0 Å². The van der Waals surface area contributed by atoms with E-state index in [1.165, 1.54) is 30.6 Å². The van der Waals surface area contributed by atoms with Gasteiger partial charge in [0, 0.05) is 10.9 Å². The SMILES string of the molecule is c1ccc(SCc2noc(CNC3CCCC3)n2)cc1. The zero-order valence-electron chi connectivity index (χ0n) is 11.4. The van der Waals surface area contributed by atoms with Gasteiger partial charge in [-0.3, -0.25) is 0 Å². The number of rotatable bonds is 6. The first kappa shape index (κ1) is 13.6. The largest absolute Gasteiger partial charge is 0.338 e. The lowest BCUT2D eigenvalue weighted by Gasteiger charge is -2.08. The second-order valence-electron chi connectivity index (χ2n) is 5.07. The predicted molar refractivity (Wildman–Crippen MR) is 79.4 cm³/mol. The lowest BCUT2D eigenvalue weighted by atomic mass is 10.2. The molecule has 20 heavy (non-hydrogen) atoms. The van der Waals surface area contributed by atoms with Crippen molar-refractivity contribution in [3.8, 4) is 0 Å². The van der Waals surface area contributed by atoms with Crippen LogP contribution >= 0.6 is 11.8 Å². The molecule has 4 nitrogen and oxygen atoms in total. The van der Waals surface area contributed by atoms with E-state index in [-0.39, 0.29) is 0 Å². The second-order valence-corrected chi connectivity index (χ2v) is 6.12. The Balaban J connectivity index is 1.46. The van der Waals surface area contributed by atoms with Crippen molar-refractivity contribution in [2.75, 3.05) is 0 Å². The minimum atomic E-state index is 0.629. The number of nitrogens with one attached hydrogen (secondary N) is 1. The van der Waals surface area contributed by atoms with E-state index in [1.807, 2.05) is 18.2 Å². The van der Waals surface area contributed by atoms with Crippen molar-refractivity contribution in [3.05, 3.63) is 42.0 Å². The molecule has 1 aliphatic rings. The highest BCUT2D eigenvalue weighted by molar-refractivity contribution is 7.98. The minimum Gasteiger partial charge on any atom is -0.338 e. The molecule has 1 N–H and O–H groups in total. The third-order valence-corrected chi connectivity index (χ3v) is 4.53. The first-order chi connectivity index (χ1) is 9.90. The Hall–Kier alpha value is -1.33. The van der Waals surface area contributed by atoms with E-state index in [1.54, 1.807) is 11.8 Å². The Morgan fingerprint density at radius 1 is 1.20 bits per heavy atom. The molecule has 1 heterocycles. The fourth-order valence-electron chi connectivity index (χ4n) is 2.45. The lowest BCUT2D eigenvalue weighted by molar-refractivity contribution is 0.354. The van der Waals surface area contributed by atoms with E-state index in [0.717, 1.165) is 11.6 Å². The maximum Gasteiger partial charge on any atom is 0.240 e. The van der Waals surface area contributed by atoms with Crippen molar-refractivity contribution in [1.29, 1.82) is 0 Å². The monoisotopic (exact) mass is 289 g/mol. The third-order valence-electron chi connectivity index (χ3n) is 3.52. The van der Waals surface area contributed by atoms with Gasteiger partial charge >= 0.3 is 0 Å². The van der Waals surface area contributed by atoms with Crippen LogP contribution in [0.3, 0.4) is 0 Å². The molecule has 3 rings (SSSR count). The number of thioether (sulfide) groups is 1.